The molecule has 3 heteroatoms. The summed E-state index contributed by atoms with van der Waals surface area (Å²) in [5.41, 5.74) is 1.35. The highest BCUT2D eigenvalue weighted by Crippen LogP contribution is 2.41. The normalized spacial score (nSPS) is 28.7. The molecule has 152 valence electrons. The fourth-order valence-electron chi connectivity index (χ4n) is 4.52. The first-order chi connectivity index (χ1) is 12.5. The van der Waals surface area contributed by atoms with E-state index in [0.29, 0.717) is 11.9 Å². The van der Waals surface area contributed by atoms with E-state index in [1.54, 1.807) is 13.8 Å². The smallest absolute Gasteiger partial charge is 0.148 e. The molecular weight excluding hydrogens is 324 g/mol. The van der Waals surface area contributed by atoms with Crippen molar-refractivity contribution < 1.29 is 15.0 Å². The van der Waals surface area contributed by atoms with E-state index in [2.05, 4.69) is 6.92 Å². The zero-order valence-corrected chi connectivity index (χ0v) is 17.4. The maximum absolute atomic E-state index is 9.96. The molecule has 0 aromatic heterocycles. The third-order valence-electron chi connectivity index (χ3n) is 6.47. The standard InChI is InChI=1S/C17H32O.C6H10O2/c1-2-3-4-5-14-6-8-15(9-7-14)16-10-12-17(18)13-11-16;1-5(2)6(3-7)4-8/h14-18H,2-13H2,1H3;3,8H,4H2,1-2H3. The van der Waals surface area contributed by atoms with Gasteiger partial charge in [0.1, 0.15) is 6.29 Å². The molecule has 2 fully saturated rings. The average Bonchev–Trinajstić information content (AvgIpc) is 2.64. The minimum atomic E-state index is -0.147. The third kappa shape index (κ3) is 8.81. The van der Waals surface area contributed by atoms with Crippen LogP contribution in [-0.4, -0.2) is 29.2 Å². The van der Waals surface area contributed by atoms with Crippen molar-refractivity contribution in [3.05, 3.63) is 11.1 Å². The lowest BCUT2D eigenvalue weighted by molar-refractivity contribution is -0.105. The molecule has 2 rings (SSSR count). The summed E-state index contributed by atoms with van der Waals surface area (Å²) in [6.07, 6.45) is 17.1. The quantitative estimate of drug-likeness (QED) is 0.358. The zero-order valence-electron chi connectivity index (χ0n) is 17.4. The van der Waals surface area contributed by atoms with Crippen LogP contribution in [0.15, 0.2) is 11.1 Å². The van der Waals surface area contributed by atoms with Crippen molar-refractivity contribution in [2.45, 2.75) is 104 Å². The number of aldehydes is 1. The van der Waals surface area contributed by atoms with Crippen LogP contribution >= 0.6 is 0 Å². The minimum Gasteiger partial charge on any atom is -0.393 e. The van der Waals surface area contributed by atoms with Crippen LogP contribution in [-0.2, 0) is 4.79 Å². The van der Waals surface area contributed by atoms with Crippen molar-refractivity contribution >= 4 is 6.29 Å². The van der Waals surface area contributed by atoms with Crippen molar-refractivity contribution in [1.82, 2.24) is 0 Å². The first-order valence-electron chi connectivity index (χ1n) is 10.9. The number of carbonyl (C=O) groups excluding carboxylic acids is 1. The van der Waals surface area contributed by atoms with Gasteiger partial charge in [-0.3, -0.25) is 4.79 Å². The fourth-order valence-corrected chi connectivity index (χ4v) is 4.52. The van der Waals surface area contributed by atoms with Gasteiger partial charge in [0.25, 0.3) is 0 Å². The van der Waals surface area contributed by atoms with Gasteiger partial charge in [0, 0.05) is 5.57 Å². The predicted octanol–water partition coefficient (Wildman–Crippen LogP) is 5.44. The number of hydrogen-bond donors (Lipinski definition) is 2. The number of aliphatic hydroxyl groups excluding tert-OH is 2. The van der Waals surface area contributed by atoms with Crippen molar-refractivity contribution in [1.29, 1.82) is 0 Å². The molecule has 3 nitrogen and oxygen atoms in total. The second kappa shape index (κ2) is 13.5. The van der Waals surface area contributed by atoms with Gasteiger partial charge >= 0.3 is 0 Å². The van der Waals surface area contributed by atoms with Gasteiger partial charge in [-0.15, -0.1) is 0 Å². The highest BCUT2D eigenvalue weighted by molar-refractivity contribution is 5.74. The molecule has 2 aliphatic rings. The Balaban J connectivity index is 0.000000359. The highest BCUT2D eigenvalue weighted by atomic mass is 16.3. The van der Waals surface area contributed by atoms with Gasteiger partial charge < -0.3 is 10.2 Å². The lowest BCUT2D eigenvalue weighted by Crippen LogP contribution is -2.27. The van der Waals surface area contributed by atoms with E-state index in [1.165, 1.54) is 64.2 Å². The Morgan fingerprint density at radius 1 is 0.923 bits per heavy atom. The van der Waals surface area contributed by atoms with Crippen LogP contribution < -0.4 is 0 Å². The minimum absolute atomic E-state index is 0.0200. The SMILES string of the molecule is CC(C)=C(C=O)CO.CCCCCC1CCC(C2CCC(O)CC2)CC1. The molecule has 0 atom stereocenters. The van der Waals surface area contributed by atoms with E-state index < -0.39 is 0 Å². The molecule has 0 spiro atoms. The lowest BCUT2D eigenvalue weighted by Gasteiger charge is -2.37. The van der Waals surface area contributed by atoms with Gasteiger partial charge in [0.05, 0.1) is 12.7 Å². The van der Waals surface area contributed by atoms with E-state index in [1.807, 2.05) is 0 Å². The first kappa shape index (κ1) is 23.4. The molecule has 2 N–H and O–H groups in total. The summed E-state index contributed by atoms with van der Waals surface area (Å²) < 4.78 is 0. The Labute approximate surface area is 161 Å². The van der Waals surface area contributed by atoms with E-state index in [0.717, 1.165) is 36.2 Å². The Morgan fingerprint density at radius 2 is 1.46 bits per heavy atom. The molecule has 0 aromatic rings. The number of carbonyl (C=O) groups is 1. The van der Waals surface area contributed by atoms with Crippen LogP contribution in [0, 0.1) is 17.8 Å². The number of unbranched alkanes of at least 4 members (excludes halogenated alkanes) is 2. The number of hydrogen-bond acceptors (Lipinski definition) is 3. The molecule has 0 bridgehead atoms. The summed E-state index contributed by atoms with van der Waals surface area (Å²) in [5, 5.41) is 18.0. The Morgan fingerprint density at radius 3 is 1.85 bits per heavy atom. The molecular formula is C23H42O3. The molecule has 26 heavy (non-hydrogen) atoms. The Hall–Kier alpha value is -0.670. The molecule has 2 saturated carbocycles. The Kier molecular flexibility index (Phi) is 12.1. The average molecular weight is 367 g/mol. The molecule has 0 amide bonds. The van der Waals surface area contributed by atoms with Gasteiger partial charge in [0.15, 0.2) is 0 Å². The van der Waals surface area contributed by atoms with Crippen LogP contribution in [0.5, 0.6) is 0 Å². The molecule has 0 radical (unpaired) electrons. The summed E-state index contributed by atoms with van der Waals surface area (Å²) in [5.74, 6) is 2.99. The molecule has 0 unspecified atom stereocenters. The van der Waals surface area contributed by atoms with E-state index in [-0.39, 0.29) is 12.7 Å². The zero-order chi connectivity index (χ0) is 19.4. The number of rotatable bonds is 7. The molecule has 0 aromatic carbocycles. The van der Waals surface area contributed by atoms with Crippen LogP contribution in [0.4, 0.5) is 0 Å². The van der Waals surface area contributed by atoms with Crippen LogP contribution in [0.1, 0.15) is 97.8 Å². The van der Waals surface area contributed by atoms with E-state index >= 15 is 0 Å². The summed E-state index contributed by atoms with van der Waals surface area (Å²) in [6, 6.07) is 0. The highest BCUT2D eigenvalue weighted by Gasteiger charge is 2.30. The van der Waals surface area contributed by atoms with Gasteiger partial charge in [-0.25, -0.2) is 0 Å². The van der Waals surface area contributed by atoms with Gasteiger partial charge in [-0.2, -0.15) is 0 Å². The van der Waals surface area contributed by atoms with Gasteiger partial charge in [-0.1, -0.05) is 51.0 Å². The number of allylic oxidation sites excluding steroid dienone is 1. The maximum Gasteiger partial charge on any atom is 0.148 e. The largest absolute Gasteiger partial charge is 0.393 e. The molecule has 0 saturated heterocycles. The first-order valence-corrected chi connectivity index (χ1v) is 10.9. The monoisotopic (exact) mass is 366 g/mol. The van der Waals surface area contributed by atoms with Crippen LogP contribution in [0.2, 0.25) is 0 Å². The number of aliphatic hydroxyl groups is 2. The second-order valence-corrected chi connectivity index (χ2v) is 8.65. The van der Waals surface area contributed by atoms with Crippen molar-refractivity contribution in [3.8, 4) is 0 Å². The summed E-state index contributed by atoms with van der Waals surface area (Å²) in [7, 11) is 0. The Bertz CT molecular complexity index is 396. The predicted molar refractivity (Wildman–Crippen MR) is 109 cm³/mol. The second-order valence-electron chi connectivity index (χ2n) is 8.65. The van der Waals surface area contributed by atoms with Crippen molar-refractivity contribution in [2.24, 2.45) is 17.8 Å². The van der Waals surface area contributed by atoms with Crippen LogP contribution in [0.3, 0.4) is 0 Å². The lowest BCUT2D eigenvalue weighted by atomic mass is 9.70. The van der Waals surface area contributed by atoms with Crippen molar-refractivity contribution in [3.63, 3.8) is 0 Å². The molecule has 0 aliphatic heterocycles. The van der Waals surface area contributed by atoms with Crippen LogP contribution in [0.25, 0.3) is 0 Å². The topological polar surface area (TPSA) is 57.5 Å². The molecule has 2 aliphatic carbocycles. The summed E-state index contributed by atoms with van der Waals surface area (Å²) in [6.45, 7) is 5.74. The summed E-state index contributed by atoms with van der Waals surface area (Å²) in [4.78, 5) is 9.96. The third-order valence-corrected chi connectivity index (χ3v) is 6.47. The maximum atomic E-state index is 9.96. The fraction of sp³-hybridized carbons (Fsp3) is 0.870. The van der Waals surface area contributed by atoms with Gasteiger partial charge in [-0.05, 0) is 70.1 Å². The summed E-state index contributed by atoms with van der Waals surface area (Å²) >= 11 is 0. The van der Waals surface area contributed by atoms with E-state index in [4.69, 9.17) is 5.11 Å². The van der Waals surface area contributed by atoms with E-state index in [9.17, 15) is 9.90 Å². The van der Waals surface area contributed by atoms with Crippen molar-refractivity contribution in [2.75, 3.05) is 6.61 Å². The molecule has 0 heterocycles. The van der Waals surface area contributed by atoms with Gasteiger partial charge in [0.2, 0.25) is 0 Å².